The molecule has 0 unspecified atom stereocenters. The molecule has 0 saturated carbocycles. The molecule has 0 radical (unpaired) electrons. The van der Waals surface area contributed by atoms with Crippen molar-refractivity contribution in [1.29, 1.82) is 5.26 Å². The Labute approximate surface area is 156 Å². The van der Waals surface area contributed by atoms with Crippen LogP contribution in [0.4, 0.5) is 5.69 Å². The number of halogens is 1. The molecule has 2 rings (SSSR count). The number of ether oxygens (including phenoxy) is 1. The summed E-state index contributed by atoms with van der Waals surface area (Å²) in [4.78, 5) is 23.9. The van der Waals surface area contributed by atoms with Crippen LogP contribution in [0.5, 0.6) is 0 Å². The minimum atomic E-state index is -0.540. The Morgan fingerprint density at radius 3 is 2.50 bits per heavy atom. The normalized spacial score (nSPS) is 10.8. The number of hydrogen-bond donors (Lipinski definition) is 1. The summed E-state index contributed by atoms with van der Waals surface area (Å²) in [7, 11) is 0. The van der Waals surface area contributed by atoms with Gasteiger partial charge < -0.3 is 10.1 Å². The molecule has 132 valence electrons. The number of nitrogens with zero attached hydrogens (tertiary/aromatic N) is 1. The highest BCUT2D eigenvalue weighted by atomic mass is 35.5. The minimum Gasteiger partial charge on any atom is -0.462 e. The molecule has 0 aliphatic rings. The smallest absolute Gasteiger partial charge is 0.338 e. The lowest BCUT2D eigenvalue weighted by Gasteiger charge is -2.06. The van der Waals surface area contributed by atoms with Crippen molar-refractivity contribution in [2.24, 2.45) is 0 Å². The Bertz CT molecular complexity index is 896. The van der Waals surface area contributed by atoms with Crippen molar-refractivity contribution in [2.75, 3.05) is 11.9 Å². The monoisotopic (exact) mass is 368 g/mol. The predicted octanol–water partition coefficient (Wildman–Crippen LogP) is 4.37. The van der Waals surface area contributed by atoms with Crippen molar-refractivity contribution >= 4 is 35.2 Å². The SMILES string of the molecule is CCOC(=O)c1ccc(/C=C(\C#N)C(=O)Nc2ccc(C)c(Cl)c2)cc1. The molecule has 0 saturated heterocycles. The van der Waals surface area contributed by atoms with Gasteiger partial charge in [0.05, 0.1) is 12.2 Å². The van der Waals surface area contributed by atoms with E-state index in [0.29, 0.717) is 28.4 Å². The van der Waals surface area contributed by atoms with Crippen LogP contribution in [0.15, 0.2) is 48.0 Å². The van der Waals surface area contributed by atoms with Crippen LogP contribution in [0.1, 0.15) is 28.4 Å². The minimum absolute atomic E-state index is 0.0643. The largest absolute Gasteiger partial charge is 0.462 e. The van der Waals surface area contributed by atoms with Crippen molar-refractivity contribution in [1.82, 2.24) is 0 Å². The van der Waals surface area contributed by atoms with Crippen LogP contribution in [0.3, 0.4) is 0 Å². The second-order valence-electron chi connectivity index (χ2n) is 5.43. The van der Waals surface area contributed by atoms with Gasteiger partial charge in [-0.2, -0.15) is 5.26 Å². The lowest BCUT2D eigenvalue weighted by molar-refractivity contribution is -0.112. The third-order valence-corrected chi connectivity index (χ3v) is 3.93. The zero-order valence-electron chi connectivity index (χ0n) is 14.4. The van der Waals surface area contributed by atoms with Gasteiger partial charge in [-0.1, -0.05) is 29.8 Å². The van der Waals surface area contributed by atoms with E-state index >= 15 is 0 Å². The fourth-order valence-electron chi connectivity index (χ4n) is 2.11. The summed E-state index contributed by atoms with van der Waals surface area (Å²) in [5.74, 6) is -0.959. The molecule has 2 aromatic rings. The average Bonchev–Trinajstić information content (AvgIpc) is 2.63. The number of esters is 1. The molecule has 5 nitrogen and oxygen atoms in total. The Balaban J connectivity index is 2.16. The van der Waals surface area contributed by atoms with Crippen LogP contribution in [0, 0.1) is 18.3 Å². The van der Waals surface area contributed by atoms with E-state index in [0.717, 1.165) is 5.56 Å². The van der Waals surface area contributed by atoms with Crippen LogP contribution < -0.4 is 5.32 Å². The molecule has 0 heterocycles. The van der Waals surface area contributed by atoms with Gasteiger partial charge in [0.15, 0.2) is 0 Å². The van der Waals surface area contributed by atoms with E-state index in [9.17, 15) is 14.9 Å². The maximum absolute atomic E-state index is 12.3. The fraction of sp³-hybridized carbons (Fsp3) is 0.150. The fourth-order valence-corrected chi connectivity index (χ4v) is 2.29. The van der Waals surface area contributed by atoms with Gasteiger partial charge in [-0.15, -0.1) is 0 Å². The molecule has 0 aromatic heterocycles. The zero-order chi connectivity index (χ0) is 19.1. The number of benzene rings is 2. The first-order chi connectivity index (χ1) is 12.4. The third kappa shape index (κ3) is 4.95. The van der Waals surface area contributed by atoms with Gasteiger partial charge in [0.25, 0.3) is 5.91 Å². The highest BCUT2D eigenvalue weighted by Crippen LogP contribution is 2.20. The summed E-state index contributed by atoms with van der Waals surface area (Å²) < 4.78 is 4.91. The summed E-state index contributed by atoms with van der Waals surface area (Å²) >= 11 is 6.03. The first-order valence-electron chi connectivity index (χ1n) is 7.91. The second-order valence-corrected chi connectivity index (χ2v) is 5.84. The molecule has 26 heavy (non-hydrogen) atoms. The molecule has 6 heteroatoms. The topological polar surface area (TPSA) is 79.2 Å². The Hall–Kier alpha value is -3.10. The quantitative estimate of drug-likeness (QED) is 0.482. The molecule has 0 aliphatic carbocycles. The van der Waals surface area contributed by atoms with E-state index in [4.69, 9.17) is 16.3 Å². The van der Waals surface area contributed by atoms with Gasteiger partial charge in [-0.25, -0.2) is 4.79 Å². The number of carbonyl (C=O) groups is 2. The molecule has 0 spiro atoms. The lowest BCUT2D eigenvalue weighted by Crippen LogP contribution is -2.13. The maximum atomic E-state index is 12.3. The number of anilines is 1. The Morgan fingerprint density at radius 2 is 1.92 bits per heavy atom. The third-order valence-electron chi connectivity index (χ3n) is 3.53. The van der Waals surface area contributed by atoms with Crippen molar-refractivity contribution < 1.29 is 14.3 Å². The number of rotatable bonds is 5. The van der Waals surface area contributed by atoms with Crippen molar-refractivity contribution in [3.8, 4) is 6.07 Å². The first kappa shape index (κ1) is 19.2. The average molecular weight is 369 g/mol. The summed E-state index contributed by atoms with van der Waals surface area (Å²) in [6, 6.07) is 13.4. The molecule has 1 N–H and O–H groups in total. The first-order valence-corrected chi connectivity index (χ1v) is 8.29. The van der Waals surface area contributed by atoms with E-state index in [-0.39, 0.29) is 5.57 Å². The summed E-state index contributed by atoms with van der Waals surface area (Å²) in [5, 5.41) is 12.4. The maximum Gasteiger partial charge on any atom is 0.338 e. The second kappa shape index (κ2) is 8.84. The predicted molar refractivity (Wildman–Crippen MR) is 101 cm³/mol. The lowest BCUT2D eigenvalue weighted by atomic mass is 10.1. The van der Waals surface area contributed by atoms with E-state index in [1.54, 1.807) is 49.4 Å². The van der Waals surface area contributed by atoms with Crippen LogP contribution in [0.25, 0.3) is 6.08 Å². The molecule has 1 amide bonds. The van der Waals surface area contributed by atoms with Gasteiger partial charge in [-0.05, 0) is 55.3 Å². The van der Waals surface area contributed by atoms with E-state index in [2.05, 4.69) is 5.32 Å². The van der Waals surface area contributed by atoms with Crippen LogP contribution >= 0.6 is 11.6 Å². The van der Waals surface area contributed by atoms with Crippen LogP contribution in [-0.2, 0) is 9.53 Å². The molecule has 0 fully saturated rings. The van der Waals surface area contributed by atoms with E-state index in [1.165, 1.54) is 6.08 Å². The molecule has 0 atom stereocenters. The van der Waals surface area contributed by atoms with Crippen LogP contribution in [-0.4, -0.2) is 18.5 Å². The highest BCUT2D eigenvalue weighted by molar-refractivity contribution is 6.31. The number of aryl methyl sites for hydroxylation is 1. The van der Waals surface area contributed by atoms with Crippen molar-refractivity contribution in [2.45, 2.75) is 13.8 Å². The molecular weight excluding hydrogens is 352 g/mol. The molecule has 0 aliphatic heterocycles. The number of amides is 1. The van der Waals surface area contributed by atoms with E-state index in [1.807, 2.05) is 13.0 Å². The molecule has 2 aromatic carbocycles. The van der Waals surface area contributed by atoms with Gasteiger partial charge in [0.2, 0.25) is 0 Å². The Kier molecular flexibility index (Phi) is 6.54. The van der Waals surface area contributed by atoms with Gasteiger partial charge >= 0.3 is 5.97 Å². The molecule has 0 bridgehead atoms. The van der Waals surface area contributed by atoms with E-state index < -0.39 is 11.9 Å². The summed E-state index contributed by atoms with van der Waals surface area (Å²) in [5.41, 5.74) is 2.35. The van der Waals surface area contributed by atoms with Gasteiger partial charge in [0.1, 0.15) is 11.6 Å². The van der Waals surface area contributed by atoms with Crippen LogP contribution in [0.2, 0.25) is 5.02 Å². The highest BCUT2D eigenvalue weighted by Gasteiger charge is 2.11. The Morgan fingerprint density at radius 1 is 1.23 bits per heavy atom. The summed E-state index contributed by atoms with van der Waals surface area (Å²) in [6.45, 7) is 3.88. The number of nitriles is 1. The zero-order valence-corrected chi connectivity index (χ0v) is 15.1. The summed E-state index contributed by atoms with van der Waals surface area (Å²) in [6.07, 6.45) is 1.44. The van der Waals surface area contributed by atoms with Gasteiger partial charge in [-0.3, -0.25) is 4.79 Å². The number of carbonyl (C=O) groups excluding carboxylic acids is 2. The van der Waals surface area contributed by atoms with Gasteiger partial charge in [0, 0.05) is 10.7 Å². The molecular formula is C20H17ClN2O3. The van der Waals surface area contributed by atoms with Crippen molar-refractivity contribution in [3.05, 3.63) is 69.8 Å². The standard InChI is InChI=1S/C20H17ClN2O3/c1-3-26-20(25)15-7-5-14(6-8-15)10-16(12-22)19(24)23-17-9-4-13(2)18(21)11-17/h4-11H,3H2,1-2H3,(H,23,24)/b16-10+. The number of nitrogens with one attached hydrogen (secondary N) is 1. The number of hydrogen-bond acceptors (Lipinski definition) is 4. The van der Waals surface area contributed by atoms with Crippen molar-refractivity contribution in [3.63, 3.8) is 0 Å².